The zero-order valence-corrected chi connectivity index (χ0v) is 17.1. The van der Waals surface area contributed by atoms with Crippen molar-refractivity contribution in [3.63, 3.8) is 0 Å². The maximum absolute atomic E-state index is 11.8. The monoisotopic (exact) mass is 422 g/mol. The lowest BCUT2D eigenvalue weighted by molar-refractivity contribution is -0.146. The molecule has 2 rings (SSSR count). The van der Waals surface area contributed by atoms with E-state index in [1.807, 2.05) is 37.3 Å². The summed E-state index contributed by atoms with van der Waals surface area (Å²) < 4.78 is 5.40. The van der Waals surface area contributed by atoms with E-state index in [2.05, 4.69) is 10.6 Å². The summed E-state index contributed by atoms with van der Waals surface area (Å²) in [5, 5.41) is 45.0. The van der Waals surface area contributed by atoms with Crippen LogP contribution in [0.25, 0.3) is 0 Å². The van der Waals surface area contributed by atoms with Gasteiger partial charge in [-0.15, -0.1) is 0 Å². The number of rotatable bonds is 10. The van der Waals surface area contributed by atoms with E-state index in [1.54, 1.807) is 0 Å². The third-order valence-electron chi connectivity index (χ3n) is 5.08. The van der Waals surface area contributed by atoms with Crippen LogP contribution >= 0.6 is 0 Å². The minimum Gasteiger partial charge on any atom is -0.478 e. The molecule has 1 aliphatic rings. The summed E-state index contributed by atoms with van der Waals surface area (Å²) >= 11 is 0. The Balaban J connectivity index is 2.33. The summed E-state index contributed by atoms with van der Waals surface area (Å²) in [6.07, 6.45) is -1.71. The number of aliphatic hydroxyl groups is 3. The van der Waals surface area contributed by atoms with Gasteiger partial charge in [-0.1, -0.05) is 37.3 Å². The summed E-state index contributed by atoms with van der Waals surface area (Å²) in [6, 6.07) is 8.15. The number of carbonyl (C=O) groups excluding carboxylic acids is 1. The molecule has 1 heterocycles. The van der Waals surface area contributed by atoms with Crippen LogP contribution < -0.4 is 10.6 Å². The van der Waals surface area contributed by atoms with Gasteiger partial charge in [0.2, 0.25) is 11.7 Å². The Labute approximate surface area is 175 Å². The van der Waals surface area contributed by atoms with Crippen molar-refractivity contribution >= 4 is 11.9 Å². The lowest BCUT2D eigenvalue weighted by Crippen LogP contribution is -2.64. The summed E-state index contributed by atoms with van der Waals surface area (Å²) in [5.74, 6) is -2.15. The minimum atomic E-state index is -1.62. The summed E-state index contributed by atoms with van der Waals surface area (Å²) in [4.78, 5) is 23.4. The van der Waals surface area contributed by atoms with Crippen molar-refractivity contribution < 1.29 is 34.8 Å². The van der Waals surface area contributed by atoms with E-state index < -0.39 is 54.6 Å². The molecule has 0 radical (unpaired) electrons. The molecule has 6 atom stereocenters. The van der Waals surface area contributed by atoms with Gasteiger partial charge in [-0.3, -0.25) is 4.79 Å². The number of nitrogens with one attached hydrogen (secondary N) is 2. The number of hydrogen-bond donors (Lipinski definition) is 6. The molecule has 0 bridgehead atoms. The smallest absolute Gasteiger partial charge is 0.370 e. The van der Waals surface area contributed by atoms with E-state index in [0.29, 0.717) is 6.42 Å². The molecule has 30 heavy (non-hydrogen) atoms. The highest BCUT2D eigenvalue weighted by molar-refractivity contribution is 5.84. The van der Waals surface area contributed by atoms with Crippen molar-refractivity contribution in [1.29, 1.82) is 0 Å². The van der Waals surface area contributed by atoms with Gasteiger partial charge in [0.15, 0.2) is 0 Å². The van der Waals surface area contributed by atoms with Gasteiger partial charge in [-0.2, -0.15) is 0 Å². The third kappa shape index (κ3) is 6.27. The van der Waals surface area contributed by atoms with E-state index in [1.165, 1.54) is 13.0 Å². The van der Waals surface area contributed by atoms with Crippen molar-refractivity contribution in [2.24, 2.45) is 0 Å². The summed E-state index contributed by atoms with van der Waals surface area (Å²) in [7, 11) is 0. The number of carboxylic acid groups (broad SMARTS) is 1. The Hall–Kier alpha value is -2.46. The zero-order chi connectivity index (χ0) is 22.3. The fourth-order valence-electron chi connectivity index (χ4n) is 3.51. The standard InChI is InChI=1S/C21H30N2O7/c1-3-14(9-13-7-5-4-6-8-13)23-15-10-17(21(28)29)30-20(18(15)22-12(2)25)19(27)16(26)11-24/h4-8,10,14-16,18-20,23-24,26-27H,3,9,11H2,1-2H3,(H,22,25)(H,28,29)/t14?,15?,16-,18-,19-,20-/m1/s1. The predicted octanol–water partition coefficient (Wildman–Crippen LogP) is -0.448. The topological polar surface area (TPSA) is 148 Å². The normalized spacial score (nSPS) is 24.2. The SMILES string of the molecule is CCC(Cc1ccccc1)NC1C=C(C(=O)O)O[C@@H]([C@H](O)[C@H](O)CO)[C@@H]1NC(C)=O. The van der Waals surface area contributed by atoms with Crippen LogP contribution in [-0.2, 0) is 20.7 Å². The molecule has 0 spiro atoms. The Morgan fingerprint density at radius 2 is 1.87 bits per heavy atom. The van der Waals surface area contributed by atoms with E-state index in [9.17, 15) is 30.0 Å². The van der Waals surface area contributed by atoms with Gasteiger partial charge in [0.25, 0.3) is 0 Å². The van der Waals surface area contributed by atoms with Gasteiger partial charge in [0.1, 0.15) is 18.3 Å². The third-order valence-corrected chi connectivity index (χ3v) is 5.08. The number of ether oxygens (including phenoxy) is 1. The Morgan fingerprint density at radius 3 is 2.40 bits per heavy atom. The van der Waals surface area contributed by atoms with Crippen molar-refractivity contribution in [3.8, 4) is 0 Å². The second-order valence-electron chi connectivity index (χ2n) is 7.37. The Bertz CT molecular complexity index is 740. The molecule has 166 valence electrons. The van der Waals surface area contributed by atoms with Crippen molar-refractivity contribution in [3.05, 3.63) is 47.7 Å². The molecule has 2 unspecified atom stereocenters. The van der Waals surface area contributed by atoms with E-state index in [-0.39, 0.29) is 6.04 Å². The maximum Gasteiger partial charge on any atom is 0.370 e. The first kappa shape index (κ1) is 23.8. The first-order chi connectivity index (χ1) is 14.3. The number of aliphatic hydroxyl groups excluding tert-OH is 3. The highest BCUT2D eigenvalue weighted by Crippen LogP contribution is 2.24. The van der Waals surface area contributed by atoms with Crippen LogP contribution in [0.15, 0.2) is 42.2 Å². The van der Waals surface area contributed by atoms with Gasteiger partial charge < -0.3 is 35.8 Å². The molecule has 0 saturated carbocycles. The summed E-state index contributed by atoms with van der Waals surface area (Å²) in [6.45, 7) is 2.53. The van der Waals surface area contributed by atoms with Gasteiger partial charge in [0.05, 0.1) is 18.7 Å². The molecule has 0 aliphatic carbocycles. The lowest BCUT2D eigenvalue weighted by Gasteiger charge is -2.41. The van der Waals surface area contributed by atoms with E-state index in [4.69, 9.17) is 4.74 Å². The van der Waals surface area contributed by atoms with Crippen molar-refractivity contribution in [2.45, 2.75) is 63.1 Å². The van der Waals surface area contributed by atoms with Gasteiger partial charge in [-0.25, -0.2) is 4.79 Å². The molecule has 0 saturated heterocycles. The number of aliphatic carboxylic acids is 1. The molecule has 1 aromatic rings. The maximum atomic E-state index is 11.8. The quantitative estimate of drug-likeness (QED) is 0.297. The number of benzene rings is 1. The van der Waals surface area contributed by atoms with Crippen LogP contribution in [-0.4, -0.2) is 75.3 Å². The number of carboxylic acids is 1. The average Bonchev–Trinajstić information content (AvgIpc) is 2.73. The van der Waals surface area contributed by atoms with E-state index >= 15 is 0 Å². The summed E-state index contributed by atoms with van der Waals surface area (Å²) in [5.41, 5.74) is 1.09. The van der Waals surface area contributed by atoms with Crippen LogP contribution in [0.2, 0.25) is 0 Å². The fraction of sp³-hybridized carbons (Fsp3) is 0.524. The van der Waals surface area contributed by atoms with Gasteiger partial charge in [-0.05, 0) is 24.5 Å². The van der Waals surface area contributed by atoms with Crippen molar-refractivity contribution in [2.75, 3.05) is 6.61 Å². The second kappa shape index (κ2) is 11.1. The number of amides is 1. The first-order valence-corrected chi connectivity index (χ1v) is 9.92. The van der Waals surface area contributed by atoms with Gasteiger partial charge >= 0.3 is 5.97 Å². The van der Waals surface area contributed by atoms with Crippen LogP contribution in [0, 0.1) is 0 Å². The molecule has 9 heteroatoms. The molecule has 1 aromatic carbocycles. The fourth-order valence-corrected chi connectivity index (χ4v) is 3.51. The molecule has 9 nitrogen and oxygen atoms in total. The Morgan fingerprint density at radius 1 is 1.20 bits per heavy atom. The molecule has 6 N–H and O–H groups in total. The number of carbonyl (C=O) groups is 2. The minimum absolute atomic E-state index is 0.0568. The van der Waals surface area contributed by atoms with E-state index in [0.717, 1.165) is 12.0 Å². The average molecular weight is 422 g/mol. The van der Waals surface area contributed by atoms with Crippen LogP contribution in [0.3, 0.4) is 0 Å². The highest BCUT2D eigenvalue weighted by Gasteiger charge is 2.43. The van der Waals surface area contributed by atoms with Gasteiger partial charge in [0, 0.05) is 13.0 Å². The molecule has 1 aliphatic heterocycles. The number of hydrogen-bond acceptors (Lipinski definition) is 7. The van der Waals surface area contributed by atoms with Crippen molar-refractivity contribution in [1.82, 2.24) is 10.6 Å². The molecular formula is C21H30N2O7. The highest BCUT2D eigenvalue weighted by atomic mass is 16.5. The zero-order valence-electron chi connectivity index (χ0n) is 17.1. The second-order valence-corrected chi connectivity index (χ2v) is 7.37. The molecule has 0 fully saturated rings. The molecule has 0 aromatic heterocycles. The van der Waals surface area contributed by atoms with Crippen LogP contribution in [0.1, 0.15) is 25.8 Å². The Kier molecular flexibility index (Phi) is 8.79. The largest absolute Gasteiger partial charge is 0.478 e. The molecule has 1 amide bonds. The predicted molar refractivity (Wildman–Crippen MR) is 108 cm³/mol. The first-order valence-electron chi connectivity index (χ1n) is 9.92. The molecular weight excluding hydrogens is 392 g/mol. The van der Waals surface area contributed by atoms with Crippen LogP contribution in [0.5, 0.6) is 0 Å². The lowest BCUT2D eigenvalue weighted by atomic mass is 9.90. The van der Waals surface area contributed by atoms with Crippen LogP contribution in [0.4, 0.5) is 0 Å².